The Balaban J connectivity index is 3.12. The Hall–Kier alpha value is -1.51. The monoisotopic (exact) mass is 286 g/mol. The molecule has 1 N–H and O–H groups in total. The zero-order valence-electron chi connectivity index (χ0n) is 9.60. The Labute approximate surface area is 111 Å². The van der Waals surface area contributed by atoms with Gasteiger partial charge in [-0.2, -0.15) is 0 Å². The lowest BCUT2D eigenvalue weighted by Gasteiger charge is -2.05. The molecular formula is C12H11ClO4S. The lowest BCUT2D eigenvalue weighted by Crippen LogP contribution is -2.08. The molecule has 0 amide bonds. The molecule has 0 aromatic heterocycles. The van der Waals surface area contributed by atoms with Crippen LogP contribution in [0.3, 0.4) is 0 Å². The number of hydrogen-bond acceptors (Lipinski definition) is 3. The van der Waals surface area contributed by atoms with Crippen LogP contribution in [0.25, 0.3) is 0 Å². The van der Waals surface area contributed by atoms with Crippen LogP contribution in [0, 0.1) is 11.8 Å². The number of halogens is 1. The van der Waals surface area contributed by atoms with Crippen LogP contribution in [-0.2, 0) is 9.84 Å². The summed E-state index contributed by atoms with van der Waals surface area (Å²) in [5.41, 5.74) is -0.223. The maximum absolute atomic E-state index is 11.9. The zero-order chi connectivity index (χ0) is 13.8. The quantitative estimate of drug-likeness (QED) is 0.862. The molecule has 0 radical (unpaired) electrons. The average molecular weight is 287 g/mol. The molecule has 1 rings (SSSR count). The molecule has 4 nitrogen and oxygen atoms in total. The van der Waals surface area contributed by atoms with Crippen molar-refractivity contribution in [3.8, 4) is 11.8 Å². The van der Waals surface area contributed by atoms with Gasteiger partial charge in [-0.25, -0.2) is 13.2 Å². The van der Waals surface area contributed by atoms with Gasteiger partial charge in [-0.15, -0.1) is 11.8 Å². The zero-order valence-corrected chi connectivity index (χ0v) is 11.2. The second-order valence-electron chi connectivity index (χ2n) is 3.44. The summed E-state index contributed by atoms with van der Waals surface area (Å²) in [6.07, 6.45) is 0.212. The maximum Gasteiger partial charge on any atom is 0.337 e. The Kier molecular flexibility index (Phi) is 4.76. The van der Waals surface area contributed by atoms with Crippen LogP contribution >= 0.6 is 11.6 Å². The summed E-state index contributed by atoms with van der Waals surface area (Å²) >= 11 is 5.67. The molecule has 6 heteroatoms. The Morgan fingerprint density at radius 1 is 1.44 bits per heavy atom. The van der Waals surface area contributed by atoms with Crippen molar-refractivity contribution >= 4 is 27.4 Å². The van der Waals surface area contributed by atoms with Crippen molar-refractivity contribution in [2.75, 3.05) is 5.75 Å². The fourth-order valence-electron chi connectivity index (χ4n) is 1.29. The Bertz CT molecular complexity index is 623. The van der Waals surface area contributed by atoms with Gasteiger partial charge in [-0.1, -0.05) is 11.6 Å². The highest BCUT2D eigenvalue weighted by Gasteiger charge is 2.17. The second-order valence-corrected chi connectivity index (χ2v) is 5.96. The smallest absolute Gasteiger partial charge is 0.337 e. The minimum absolute atomic E-state index is 0.00907. The van der Waals surface area contributed by atoms with Gasteiger partial charge in [0.2, 0.25) is 0 Å². The summed E-state index contributed by atoms with van der Waals surface area (Å²) in [4.78, 5) is 10.8. The number of rotatable bonds is 4. The molecule has 0 atom stereocenters. The Morgan fingerprint density at radius 2 is 2.11 bits per heavy atom. The predicted molar refractivity (Wildman–Crippen MR) is 68.5 cm³/mol. The van der Waals surface area contributed by atoms with Crippen LogP contribution in [0.4, 0.5) is 0 Å². The first-order chi connectivity index (χ1) is 8.38. The van der Waals surface area contributed by atoms with Gasteiger partial charge in [0.25, 0.3) is 0 Å². The van der Waals surface area contributed by atoms with Crippen molar-refractivity contribution in [3.05, 3.63) is 28.8 Å². The topological polar surface area (TPSA) is 71.4 Å². The van der Waals surface area contributed by atoms with E-state index in [1.165, 1.54) is 12.1 Å². The molecule has 0 aliphatic carbocycles. The lowest BCUT2D eigenvalue weighted by molar-refractivity contribution is 0.0697. The van der Waals surface area contributed by atoms with E-state index in [1.54, 1.807) is 6.92 Å². The van der Waals surface area contributed by atoms with Gasteiger partial charge >= 0.3 is 5.97 Å². The van der Waals surface area contributed by atoms with Crippen molar-refractivity contribution in [1.29, 1.82) is 0 Å². The first kappa shape index (κ1) is 14.6. The van der Waals surface area contributed by atoms with Gasteiger partial charge in [0, 0.05) is 6.42 Å². The number of hydrogen-bond donors (Lipinski definition) is 1. The summed E-state index contributed by atoms with van der Waals surface area (Å²) < 4.78 is 23.8. The van der Waals surface area contributed by atoms with E-state index >= 15 is 0 Å². The third kappa shape index (κ3) is 3.49. The van der Waals surface area contributed by atoms with Crippen molar-refractivity contribution in [3.63, 3.8) is 0 Å². The predicted octanol–water partition coefficient (Wildman–Crippen LogP) is 2.23. The third-order valence-electron chi connectivity index (χ3n) is 2.20. The number of carboxylic acids is 1. The molecule has 0 saturated heterocycles. The fraction of sp³-hybridized carbons (Fsp3) is 0.250. The number of sulfone groups is 1. The van der Waals surface area contributed by atoms with Crippen LogP contribution in [0.15, 0.2) is 23.1 Å². The van der Waals surface area contributed by atoms with E-state index in [4.69, 9.17) is 16.7 Å². The lowest BCUT2D eigenvalue weighted by atomic mass is 10.2. The van der Waals surface area contributed by atoms with Gasteiger partial charge in [-0.05, 0) is 25.1 Å². The van der Waals surface area contributed by atoms with E-state index in [0.717, 1.165) is 6.07 Å². The SMILES string of the molecule is CC#CCCS(=O)(=O)c1ccc(Cl)c(C(=O)O)c1. The minimum Gasteiger partial charge on any atom is -0.478 e. The first-order valence-electron chi connectivity index (χ1n) is 5.03. The summed E-state index contributed by atoms with van der Waals surface area (Å²) in [6.45, 7) is 1.62. The largest absolute Gasteiger partial charge is 0.478 e. The number of aromatic carboxylic acids is 1. The van der Waals surface area contributed by atoms with Crippen molar-refractivity contribution in [2.45, 2.75) is 18.2 Å². The van der Waals surface area contributed by atoms with Gasteiger partial charge in [0.05, 0.1) is 21.2 Å². The van der Waals surface area contributed by atoms with E-state index in [0.29, 0.717) is 0 Å². The molecule has 0 bridgehead atoms. The summed E-state index contributed by atoms with van der Waals surface area (Å²) in [6, 6.07) is 3.63. The van der Waals surface area contributed by atoms with Crippen molar-refractivity contribution in [2.24, 2.45) is 0 Å². The van der Waals surface area contributed by atoms with Crippen LogP contribution in [0.5, 0.6) is 0 Å². The van der Waals surface area contributed by atoms with Crippen LogP contribution in [0.2, 0.25) is 5.02 Å². The standard InChI is InChI=1S/C12H11ClO4S/c1-2-3-4-7-18(16,17)9-5-6-11(13)10(8-9)12(14)15/h5-6,8H,4,7H2,1H3,(H,14,15). The van der Waals surface area contributed by atoms with Crippen molar-refractivity contribution < 1.29 is 18.3 Å². The molecule has 0 unspecified atom stereocenters. The van der Waals surface area contributed by atoms with Gasteiger partial charge in [-0.3, -0.25) is 0 Å². The maximum atomic E-state index is 11.9. The molecule has 1 aromatic carbocycles. The number of benzene rings is 1. The molecule has 0 spiro atoms. The minimum atomic E-state index is -3.53. The van der Waals surface area contributed by atoms with E-state index in [2.05, 4.69) is 11.8 Å². The fourth-order valence-corrected chi connectivity index (χ4v) is 2.67. The van der Waals surface area contributed by atoms with E-state index in [-0.39, 0.29) is 27.7 Å². The van der Waals surface area contributed by atoms with Crippen molar-refractivity contribution in [1.82, 2.24) is 0 Å². The van der Waals surface area contributed by atoms with Gasteiger partial charge in [0.1, 0.15) is 0 Å². The van der Waals surface area contributed by atoms with E-state index < -0.39 is 15.8 Å². The molecule has 0 aliphatic rings. The summed E-state index contributed by atoms with van der Waals surface area (Å²) in [5, 5.41) is 8.88. The highest BCUT2D eigenvalue weighted by molar-refractivity contribution is 7.91. The van der Waals surface area contributed by atoms with Crippen LogP contribution < -0.4 is 0 Å². The second kappa shape index (κ2) is 5.89. The summed E-state index contributed by atoms with van der Waals surface area (Å²) in [7, 11) is -3.53. The summed E-state index contributed by atoms with van der Waals surface area (Å²) in [5.74, 6) is 3.85. The molecule has 0 heterocycles. The highest BCUT2D eigenvalue weighted by atomic mass is 35.5. The molecular weight excluding hydrogens is 276 g/mol. The van der Waals surface area contributed by atoms with E-state index in [1.807, 2.05) is 0 Å². The molecule has 18 heavy (non-hydrogen) atoms. The third-order valence-corrected chi connectivity index (χ3v) is 4.24. The molecule has 96 valence electrons. The molecule has 0 fully saturated rings. The molecule has 0 saturated carbocycles. The Morgan fingerprint density at radius 3 is 2.67 bits per heavy atom. The molecule has 1 aromatic rings. The van der Waals surface area contributed by atoms with Crippen LogP contribution in [0.1, 0.15) is 23.7 Å². The average Bonchev–Trinajstić information content (AvgIpc) is 2.29. The van der Waals surface area contributed by atoms with Gasteiger partial charge in [0.15, 0.2) is 9.84 Å². The van der Waals surface area contributed by atoms with Crippen LogP contribution in [-0.4, -0.2) is 25.2 Å². The number of carbonyl (C=O) groups is 1. The van der Waals surface area contributed by atoms with E-state index in [9.17, 15) is 13.2 Å². The van der Waals surface area contributed by atoms with Gasteiger partial charge < -0.3 is 5.11 Å². The highest BCUT2D eigenvalue weighted by Crippen LogP contribution is 2.21. The molecule has 0 aliphatic heterocycles. The first-order valence-corrected chi connectivity index (χ1v) is 7.06. The number of carboxylic acid groups (broad SMARTS) is 1. The normalized spacial score (nSPS) is 10.6.